The van der Waals surface area contributed by atoms with Crippen molar-refractivity contribution in [3.8, 4) is 0 Å². The fourth-order valence-electron chi connectivity index (χ4n) is 5.99. The summed E-state index contributed by atoms with van der Waals surface area (Å²) in [6, 6.07) is 4.79. The Balaban J connectivity index is 1.41. The molecule has 1 aromatic carbocycles. The van der Waals surface area contributed by atoms with E-state index in [1.54, 1.807) is 19.9 Å². The van der Waals surface area contributed by atoms with Crippen molar-refractivity contribution in [1.29, 1.82) is 0 Å². The standard InChI is InChI=1S/C21H28Cl2N2O3S/c1-21(2,25-29(27,28)20-16(22)4-3-5-17(20)23)11-18(26)24-19-14-7-12-6-13(9-14)10-15(19)8-12/h3-5,12-15,19,25H,6-11H2,1-2H3,(H,24,26). The lowest BCUT2D eigenvalue weighted by Gasteiger charge is -2.54. The molecule has 5 rings (SSSR count). The number of benzene rings is 1. The van der Waals surface area contributed by atoms with Crippen molar-refractivity contribution in [1.82, 2.24) is 10.0 Å². The van der Waals surface area contributed by atoms with Crippen molar-refractivity contribution in [2.45, 2.75) is 68.8 Å². The fraction of sp³-hybridized carbons (Fsp3) is 0.667. The topological polar surface area (TPSA) is 75.3 Å². The lowest BCUT2D eigenvalue weighted by Crippen LogP contribution is -2.57. The van der Waals surface area contributed by atoms with Crippen LogP contribution in [0.2, 0.25) is 10.0 Å². The first-order valence-electron chi connectivity index (χ1n) is 10.3. The Bertz CT molecular complexity index is 868. The zero-order chi connectivity index (χ0) is 21.0. The van der Waals surface area contributed by atoms with E-state index in [1.165, 1.54) is 44.2 Å². The number of rotatable bonds is 6. The molecule has 29 heavy (non-hydrogen) atoms. The number of sulfonamides is 1. The summed E-state index contributed by atoms with van der Waals surface area (Å²) in [7, 11) is -3.97. The van der Waals surface area contributed by atoms with Gasteiger partial charge in [0.15, 0.2) is 0 Å². The predicted molar refractivity (Wildman–Crippen MR) is 114 cm³/mol. The number of halogens is 2. The van der Waals surface area contributed by atoms with Crippen LogP contribution >= 0.6 is 23.2 Å². The summed E-state index contributed by atoms with van der Waals surface area (Å²) in [6.45, 7) is 3.40. The highest BCUT2D eigenvalue weighted by Gasteiger charge is 2.48. The van der Waals surface area contributed by atoms with Gasteiger partial charge < -0.3 is 5.32 Å². The second-order valence-electron chi connectivity index (χ2n) is 9.74. The van der Waals surface area contributed by atoms with Gasteiger partial charge >= 0.3 is 0 Å². The Labute approximate surface area is 183 Å². The molecule has 0 heterocycles. The van der Waals surface area contributed by atoms with Crippen molar-refractivity contribution >= 4 is 39.1 Å². The van der Waals surface area contributed by atoms with Gasteiger partial charge in [0.05, 0.1) is 10.0 Å². The first-order chi connectivity index (χ1) is 13.5. The van der Waals surface area contributed by atoms with Crippen LogP contribution in [-0.2, 0) is 14.8 Å². The van der Waals surface area contributed by atoms with Gasteiger partial charge in [0, 0.05) is 18.0 Å². The molecule has 4 saturated carbocycles. The Kier molecular flexibility index (Phi) is 5.69. The zero-order valence-electron chi connectivity index (χ0n) is 16.8. The van der Waals surface area contributed by atoms with Crippen LogP contribution < -0.4 is 10.0 Å². The van der Waals surface area contributed by atoms with E-state index in [-0.39, 0.29) is 33.3 Å². The Morgan fingerprint density at radius 3 is 2.07 bits per heavy atom. The van der Waals surface area contributed by atoms with Gasteiger partial charge in [-0.15, -0.1) is 0 Å². The van der Waals surface area contributed by atoms with Crippen molar-refractivity contribution < 1.29 is 13.2 Å². The van der Waals surface area contributed by atoms with Crippen LogP contribution in [0.4, 0.5) is 0 Å². The maximum Gasteiger partial charge on any atom is 0.244 e. The molecule has 0 spiro atoms. The lowest BCUT2D eigenvalue weighted by molar-refractivity contribution is -0.126. The van der Waals surface area contributed by atoms with Crippen molar-refractivity contribution in [2.75, 3.05) is 0 Å². The molecule has 0 atom stereocenters. The Morgan fingerprint density at radius 1 is 1.03 bits per heavy atom. The number of carbonyl (C=O) groups is 1. The van der Waals surface area contributed by atoms with E-state index in [2.05, 4.69) is 10.0 Å². The highest BCUT2D eigenvalue weighted by Crippen LogP contribution is 2.53. The van der Waals surface area contributed by atoms with Crippen molar-refractivity contribution in [3.05, 3.63) is 28.2 Å². The van der Waals surface area contributed by atoms with Gasteiger partial charge in [0.25, 0.3) is 0 Å². The molecular weight excluding hydrogens is 431 g/mol. The first kappa shape index (κ1) is 21.4. The number of hydrogen-bond donors (Lipinski definition) is 2. The molecule has 5 nitrogen and oxygen atoms in total. The van der Waals surface area contributed by atoms with Crippen LogP contribution in [0.3, 0.4) is 0 Å². The molecule has 0 aliphatic heterocycles. The minimum Gasteiger partial charge on any atom is -0.353 e. The second kappa shape index (κ2) is 7.70. The van der Waals surface area contributed by atoms with Crippen LogP contribution in [0.15, 0.2) is 23.1 Å². The Hall–Kier alpha value is -0.820. The first-order valence-corrected chi connectivity index (χ1v) is 12.6. The summed E-state index contributed by atoms with van der Waals surface area (Å²) in [6.07, 6.45) is 6.31. The molecule has 0 radical (unpaired) electrons. The fourth-order valence-corrected chi connectivity index (χ4v) is 8.55. The molecule has 1 aromatic rings. The molecule has 160 valence electrons. The summed E-state index contributed by atoms with van der Waals surface area (Å²) < 4.78 is 28.3. The summed E-state index contributed by atoms with van der Waals surface area (Å²) in [5, 5.41) is 3.35. The molecule has 4 aliphatic carbocycles. The van der Waals surface area contributed by atoms with E-state index in [4.69, 9.17) is 23.2 Å². The average Bonchev–Trinajstić information content (AvgIpc) is 2.55. The Morgan fingerprint density at radius 2 is 1.55 bits per heavy atom. The maximum atomic E-state index is 12.8. The molecular formula is C21H28Cl2N2O3S. The van der Waals surface area contributed by atoms with E-state index in [1.807, 2.05) is 0 Å². The third-order valence-corrected chi connectivity index (χ3v) is 9.41. The summed E-state index contributed by atoms with van der Waals surface area (Å²) in [5.74, 6) is 2.73. The van der Waals surface area contributed by atoms with Crippen LogP contribution in [0.25, 0.3) is 0 Å². The minimum absolute atomic E-state index is 0.0527. The largest absolute Gasteiger partial charge is 0.353 e. The quantitative estimate of drug-likeness (QED) is 0.663. The monoisotopic (exact) mass is 458 g/mol. The molecule has 1 amide bonds. The van der Waals surface area contributed by atoms with E-state index in [0.29, 0.717) is 11.8 Å². The number of nitrogens with one attached hydrogen (secondary N) is 2. The molecule has 0 unspecified atom stereocenters. The van der Waals surface area contributed by atoms with Gasteiger partial charge in [0.2, 0.25) is 15.9 Å². The van der Waals surface area contributed by atoms with Crippen LogP contribution in [0.5, 0.6) is 0 Å². The number of amides is 1. The number of hydrogen-bond acceptors (Lipinski definition) is 3. The van der Waals surface area contributed by atoms with Gasteiger partial charge in [-0.2, -0.15) is 0 Å². The predicted octanol–water partition coefficient (Wildman–Crippen LogP) is 4.38. The van der Waals surface area contributed by atoms with Crippen LogP contribution in [0.1, 0.15) is 52.4 Å². The van der Waals surface area contributed by atoms with Gasteiger partial charge in [-0.3, -0.25) is 4.79 Å². The summed E-state index contributed by atoms with van der Waals surface area (Å²) in [5.41, 5.74) is -0.975. The average molecular weight is 459 g/mol. The van der Waals surface area contributed by atoms with E-state index in [0.717, 1.165) is 11.8 Å². The summed E-state index contributed by atoms with van der Waals surface area (Å²) >= 11 is 12.1. The third kappa shape index (κ3) is 4.46. The van der Waals surface area contributed by atoms with Crippen LogP contribution in [-0.4, -0.2) is 25.9 Å². The van der Waals surface area contributed by atoms with Crippen LogP contribution in [0, 0.1) is 23.7 Å². The van der Waals surface area contributed by atoms with Crippen molar-refractivity contribution in [2.24, 2.45) is 23.7 Å². The highest BCUT2D eigenvalue weighted by molar-refractivity contribution is 7.89. The molecule has 0 aromatic heterocycles. The molecule has 0 saturated heterocycles. The van der Waals surface area contributed by atoms with Gasteiger partial charge in [-0.05, 0) is 81.8 Å². The molecule has 4 fully saturated rings. The van der Waals surface area contributed by atoms with Gasteiger partial charge in [-0.25, -0.2) is 13.1 Å². The lowest BCUT2D eigenvalue weighted by atomic mass is 9.54. The zero-order valence-corrected chi connectivity index (χ0v) is 19.1. The summed E-state index contributed by atoms with van der Waals surface area (Å²) in [4.78, 5) is 12.7. The normalized spacial score (nSPS) is 31.1. The third-order valence-electron chi connectivity index (χ3n) is 6.76. The molecule has 2 N–H and O–H groups in total. The van der Waals surface area contributed by atoms with E-state index < -0.39 is 15.6 Å². The van der Waals surface area contributed by atoms with E-state index in [9.17, 15) is 13.2 Å². The molecule has 4 aliphatic rings. The highest BCUT2D eigenvalue weighted by atomic mass is 35.5. The second-order valence-corrected chi connectivity index (χ2v) is 12.2. The SMILES string of the molecule is CC(C)(CC(=O)NC1C2CC3CC(C2)CC1C3)NS(=O)(=O)c1c(Cl)cccc1Cl. The van der Waals surface area contributed by atoms with Gasteiger partial charge in [-0.1, -0.05) is 29.3 Å². The smallest absolute Gasteiger partial charge is 0.244 e. The molecule has 8 heteroatoms. The maximum absolute atomic E-state index is 12.8. The van der Waals surface area contributed by atoms with Crippen molar-refractivity contribution in [3.63, 3.8) is 0 Å². The molecule has 4 bridgehead atoms. The number of carbonyl (C=O) groups excluding carboxylic acids is 1. The minimum atomic E-state index is -3.97. The van der Waals surface area contributed by atoms with Gasteiger partial charge in [0.1, 0.15) is 4.90 Å². The van der Waals surface area contributed by atoms with E-state index >= 15 is 0 Å².